The molecule has 1 nitrogen and oxygen atoms in total. The third-order valence-corrected chi connectivity index (χ3v) is 3.52. The highest BCUT2D eigenvalue weighted by Gasteiger charge is 2.04. The van der Waals surface area contributed by atoms with E-state index in [0.29, 0.717) is 0 Å². The van der Waals surface area contributed by atoms with Crippen LogP contribution in [0.3, 0.4) is 0 Å². The molecule has 78 valence electrons. The maximum Gasteiger partial charge on any atom is 0.0862 e. The number of benzene rings is 1. The van der Waals surface area contributed by atoms with E-state index in [2.05, 4.69) is 25.1 Å². The average Bonchev–Trinajstić information content (AvgIpc) is 2.49. The molecule has 1 aromatic carbocycles. The Bertz CT molecular complexity index is 459. The molecule has 0 fully saturated rings. The lowest BCUT2D eigenvalue weighted by atomic mass is 10.1. The van der Waals surface area contributed by atoms with E-state index in [1.165, 1.54) is 16.0 Å². The van der Waals surface area contributed by atoms with Crippen molar-refractivity contribution in [1.29, 1.82) is 0 Å². The van der Waals surface area contributed by atoms with E-state index in [-0.39, 0.29) is 0 Å². The van der Waals surface area contributed by atoms with Crippen LogP contribution in [0.2, 0.25) is 5.02 Å². The van der Waals surface area contributed by atoms with Crippen LogP contribution in [-0.2, 0) is 6.42 Å². The van der Waals surface area contributed by atoms with Gasteiger partial charge in [-0.25, -0.2) is 0 Å². The fraction of sp³-hybridized carbons (Fsp3) is 0.167. The molecule has 0 spiro atoms. The third-order valence-electron chi connectivity index (χ3n) is 2.35. The highest BCUT2D eigenvalue weighted by molar-refractivity contribution is 7.16. The smallest absolute Gasteiger partial charge is 0.0862 e. The number of aryl methyl sites for hydroxylation is 1. The highest BCUT2D eigenvalue weighted by Crippen LogP contribution is 2.25. The summed E-state index contributed by atoms with van der Waals surface area (Å²) in [5.74, 6) is 0. The Balaban J connectivity index is 2.21. The van der Waals surface area contributed by atoms with E-state index in [4.69, 9.17) is 17.3 Å². The van der Waals surface area contributed by atoms with Gasteiger partial charge < -0.3 is 5.73 Å². The first-order valence-corrected chi connectivity index (χ1v) is 5.94. The molecule has 2 aromatic rings. The predicted molar refractivity (Wildman–Crippen MR) is 67.7 cm³/mol. The maximum atomic E-state index is 5.83. The number of halogens is 1. The number of hydrogen-bond donors (Lipinski definition) is 1. The van der Waals surface area contributed by atoms with Gasteiger partial charge >= 0.3 is 0 Å². The minimum absolute atomic E-state index is 0.778. The number of hydrogen-bond acceptors (Lipinski definition) is 2. The van der Waals surface area contributed by atoms with Gasteiger partial charge in [0.05, 0.1) is 5.00 Å². The molecule has 0 atom stereocenters. The molecule has 1 aromatic heterocycles. The predicted octanol–water partition coefficient (Wildman–Crippen LogP) is 3.88. The maximum absolute atomic E-state index is 5.83. The van der Waals surface area contributed by atoms with E-state index in [1.54, 1.807) is 11.3 Å². The van der Waals surface area contributed by atoms with Crippen LogP contribution in [0, 0.1) is 6.92 Å². The number of thiophene rings is 1. The van der Waals surface area contributed by atoms with Gasteiger partial charge in [-0.1, -0.05) is 23.7 Å². The normalized spacial score (nSPS) is 10.5. The lowest BCUT2D eigenvalue weighted by molar-refractivity contribution is 1.19. The van der Waals surface area contributed by atoms with Crippen LogP contribution in [-0.4, -0.2) is 0 Å². The Kier molecular flexibility index (Phi) is 2.98. The molecule has 2 rings (SSSR count). The van der Waals surface area contributed by atoms with Gasteiger partial charge in [0.25, 0.3) is 0 Å². The first kappa shape index (κ1) is 10.5. The van der Waals surface area contributed by atoms with Crippen molar-refractivity contribution >= 4 is 27.9 Å². The number of nitrogen functional groups attached to an aromatic ring is 1. The Morgan fingerprint density at radius 2 is 1.93 bits per heavy atom. The molecule has 0 unspecified atom stereocenters. The van der Waals surface area contributed by atoms with Crippen LogP contribution in [0.1, 0.15) is 16.0 Å². The van der Waals surface area contributed by atoms with Crippen LogP contribution in [0.25, 0.3) is 0 Å². The SMILES string of the molecule is Cc1sc(N)cc1Cc1ccc(Cl)cc1. The Morgan fingerprint density at radius 1 is 1.27 bits per heavy atom. The topological polar surface area (TPSA) is 26.0 Å². The van der Waals surface area contributed by atoms with Crippen LogP contribution in [0.15, 0.2) is 30.3 Å². The second-order valence-electron chi connectivity index (χ2n) is 3.53. The fourth-order valence-electron chi connectivity index (χ4n) is 1.54. The Hall–Kier alpha value is -0.990. The zero-order chi connectivity index (χ0) is 10.8. The molecule has 2 N–H and O–H groups in total. The van der Waals surface area contributed by atoms with Crippen molar-refractivity contribution < 1.29 is 0 Å². The summed E-state index contributed by atoms with van der Waals surface area (Å²) < 4.78 is 0. The lowest BCUT2D eigenvalue weighted by Crippen LogP contribution is -1.87. The standard InChI is InChI=1S/C12H12ClNS/c1-8-10(7-12(14)15-8)6-9-2-4-11(13)5-3-9/h2-5,7H,6,14H2,1H3. The van der Waals surface area contributed by atoms with Crippen LogP contribution < -0.4 is 5.73 Å². The van der Waals surface area contributed by atoms with E-state index in [0.717, 1.165) is 16.4 Å². The van der Waals surface area contributed by atoms with Crippen molar-refractivity contribution in [1.82, 2.24) is 0 Å². The van der Waals surface area contributed by atoms with Crippen molar-refractivity contribution in [3.05, 3.63) is 51.4 Å². The van der Waals surface area contributed by atoms with E-state index < -0.39 is 0 Å². The van der Waals surface area contributed by atoms with Gasteiger partial charge in [-0.15, -0.1) is 11.3 Å². The molecule has 15 heavy (non-hydrogen) atoms. The van der Waals surface area contributed by atoms with Crippen molar-refractivity contribution in [2.24, 2.45) is 0 Å². The highest BCUT2D eigenvalue weighted by atomic mass is 35.5. The van der Waals surface area contributed by atoms with Crippen LogP contribution in [0.4, 0.5) is 5.00 Å². The summed E-state index contributed by atoms with van der Waals surface area (Å²) in [7, 11) is 0. The molecule has 0 aliphatic heterocycles. The average molecular weight is 238 g/mol. The molecule has 1 heterocycles. The molecular weight excluding hydrogens is 226 g/mol. The summed E-state index contributed by atoms with van der Waals surface area (Å²) in [6.45, 7) is 2.10. The second-order valence-corrected chi connectivity index (χ2v) is 5.26. The van der Waals surface area contributed by atoms with Gasteiger partial charge in [-0.2, -0.15) is 0 Å². The van der Waals surface area contributed by atoms with Crippen molar-refractivity contribution in [2.45, 2.75) is 13.3 Å². The van der Waals surface area contributed by atoms with E-state index in [9.17, 15) is 0 Å². The lowest BCUT2D eigenvalue weighted by Gasteiger charge is -2.00. The summed E-state index contributed by atoms with van der Waals surface area (Å²) in [4.78, 5) is 1.29. The molecule has 0 aliphatic rings. The number of nitrogens with two attached hydrogens (primary N) is 1. The first-order valence-electron chi connectivity index (χ1n) is 4.74. The molecule has 3 heteroatoms. The number of rotatable bonds is 2. The summed E-state index contributed by atoms with van der Waals surface area (Å²) in [6.07, 6.45) is 0.927. The minimum Gasteiger partial charge on any atom is -0.391 e. The summed E-state index contributed by atoms with van der Waals surface area (Å²) in [5, 5.41) is 1.66. The first-order chi connectivity index (χ1) is 7.15. The van der Waals surface area contributed by atoms with Gasteiger partial charge in [-0.05, 0) is 42.7 Å². The van der Waals surface area contributed by atoms with Crippen molar-refractivity contribution in [2.75, 3.05) is 5.73 Å². The van der Waals surface area contributed by atoms with Gasteiger partial charge in [0.1, 0.15) is 0 Å². The summed E-state index contributed by atoms with van der Waals surface area (Å²) >= 11 is 7.48. The zero-order valence-corrected chi connectivity index (χ0v) is 10.0. The van der Waals surface area contributed by atoms with Crippen molar-refractivity contribution in [3.8, 4) is 0 Å². The fourth-order valence-corrected chi connectivity index (χ4v) is 2.49. The summed E-state index contributed by atoms with van der Waals surface area (Å²) in [6, 6.07) is 9.99. The minimum atomic E-state index is 0.778. The molecule has 0 saturated carbocycles. The summed E-state index contributed by atoms with van der Waals surface area (Å²) in [5.41, 5.74) is 8.32. The van der Waals surface area contributed by atoms with Gasteiger partial charge in [0.2, 0.25) is 0 Å². The number of anilines is 1. The van der Waals surface area contributed by atoms with E-state index in [1.807, 2.05) is 12.1 Å². The molecule has 0 aliphatic carbocycles. The quantitative estimate of drug-likeness (QED) is 0.843. The van der Waals surface area contributed by atoms with Crippen LogP contribution in [0.5, 0.6) is 0 Å². The molecule has 0 saturated heterocycles. The molecule has 0 bridgehead atoms. The monoisotopic (exact) mass is 237 g/mol. The van der Waals surface area contributed by atoms with Gasteiger partial charge in [0.15, 0.2) is 0 Å². The molecule has 0 amide bonds. The molecular formula is C12H12ClNS. The van der Waals surface area contributed by atoms with E-state index >= 15 is 0 Å². The Labute approximate surface area is 98.5 Å². The second kappa shape index (κ2) is 4.25. The third kappa shape index (κ3) is 2.52. The van der Waals surface area contributed by atoms with Crippen LogP contribution >= 0.6 is 22.9 Å². The molecule has 0 radical (unpaired) electrons. The van der Waals surface area contributed by atoms with Crippen molar-refractivity contribution in [3.63, 3.8) is 0 Å². The largest absolute Gasteiger partial charge is 0.391 e. The van der Waals surface area contributed by atoms with Gasteiger partial charge in [0, 0.05) is 9.90 Å². The van der Waals surface area contributed by atoms with Gasteiger partial charge in [-0.3, -0.25) is 0 Å². The Morgan fingerprint density at radius 3 is 2.47 bits per heavy atom. The zero-order valence-electron chi connectivity index (χ0n) is 8.46.